The molecule has 0 bridgehead atoms. The lowest BCUT2D eigenvalue weighted by Crippen LogP contribution is -2.13. The molecule has 2 unspecified atom stereocenters. The highest BCUT2D eigenvalue weighted by Crippen LogP contribution is 2.33. The Labute approximate surface area is 93.7 Å². The number of ether oxygens (including phenoxy) is 2. The van der Waals surface area contributed by atoms with Crippen molar-refractivity contribution in [3.05, 3.63) is 0 Å². The van der Waals surface area contributed by atoms with Gasteiger partial charge in [-0.2, -0.15) is 0 Å². The molecule has 0 saturated carbocycles. The molecule has 1 aliphatic heterocycles. The summed E-state index contributed by atoms with van der Waals surface area (Å²) in [5, 5.41) is 0.712. The van der Waals surface area contributed by atoms with Crippen molar-refractivity contribution in [2.75, 3.05) is 13.2 Å². The first kappa shape index (κ1) is 12.4. The maximum Gasteiger partial charge on any atom is 0.302 e. The van der Waals surface area contributed by atoms with Crippen molar-refractivity contribution in [1.82, 2.24) is 0 Å². The molecule has 0 aromatic heterocycles. The number of esters is 2. The zero-order valence-corrected chi connectivity index (χ0v) is 9.84. The van der Waals surface area contributed by atoms with Crippen molar-refractivity contribution >= 4 is 23.7 Å². The smallest absolute Gasteiger partial charge is 0.302 e. The normalized spacial score (nSPS) is 24.9. The molecule has 0 amide bonds. The topological polar surface area (TPSA) is 52.6 Å². The molecule has 0 N–H and O–H groups in total. The van der Waals surface area contributed by atoms with Crippen LogP contribution >= 0.6 is 11.8 Å². The van der Waals surface area contributed by atoms with Gasteiger partial charge in [-0.25, -0.2) is 0 Å². The monoisotopic (exact) mass is 232 g/mol. The number of thioether (sulfide) groups is 1. The van der Waals surface area contributed by atoms with Gasteiger partial charge in [0.15, 0.2) is 0 Å². The van der Waals surface area contributed by atoms with Gasteiger partial charge >= 0.3 is 11.9 Å². The predicted octanol–water partition coefficient (Wildman–Crippen LogP) is 1.38. The van der Waals surface area contributed by atoms with Gasteiger partial charge in [-0.1, -0.05) is 0 Å². The van der Waals surface area contributed by atoms with E-state index in [4.69, 9.17) is 9.47 Å². The first-order valence-electron chi connectivity index (χ1n) is 5.00. The van der Waals surface area contributed by atoms with E-state index < -0.39 is 0 Å². The van der Waals surface area contributed by atoms with E-state index in [9.17, 15) is 9.59 Å². The van der Waals surface area contributed by atoms with Crippen molar-refractivity contribution in [3.8, 4) is 0 Å². The van der Waals surface area contributed by atoms with Crippen molar-refractivity contribution < 1.29 is 19.1 Å². The minimum Gasteiger partial charge on any atom is -0.465 e. The third kappa shape index (κ3) is 5.06. The first-order chi connectivity index (χ1) is 7.08. The molecule has 0 aliphatic carbocycles. The predicted molar refractivity (Wildman–Crippen MR) is 57.7 cm³/mol. The summed E-state index contributed by atoms with van der Waals surface area (Å²) in [6.45, 7) is 3.76. The Hall–Kier alpha value is -0.710. The fourth-order valence-electron chi connectivity index (χ4n) is 1.45. The van der Waals surface area contributed by atoms with E-state index in [-0.39, 0.29) is 11.9 Å². The van der Waals surface area contributed by atoms with Crippen LogP contribution < -0.4 is 0 Å². The van der Waals surface area contributed by atoms with E-state index in [1.807, 2.05) is 0 Å². The average molecular weight is 232 g/mol. The summed E-state index contributed by atoms with van der Waals surface area (Å²) in [5.74, 6) is -0.474. The minimum atomic E-state index is -0.237. The molecule has 86 valence electrons. The second-order valence-corrected chi connectivity index (χ2v) is 5.17. The molecule has 1 aliphatic rings. The summed E-state index contributed by atoms with van der Waals surface area (Å²) in [7, 11) is 0. The molecule has 0 aromatic rings. The van der Waals surface area contributed by atoms with Gasteiger partial charge in [-0.3, -0.25) is 9.59 Å². The van der Waals surface area contributed by atoms with Crippen LogP contribution in [-0.2, 0) is 19.1 Å². The summed E-state index contributed by atoms with van der Waals surface area (Å²) < 4.78 is 9.86. The van der Waals surface area contributed by atoms with Gasteiger partial charge in [-0.15, -0.1) is 11.8 Å². The summed E-state index contributed by atoms with van der Waals surface area (Å²) in [6, 6.07) is 0. The molecule has 1 fully saturated rings. The number of carbonyl (C=O) groups is 2. The highest BCUT2D eigenvalue weighted by atomic mass is 32.2. The molecule has 1 rings (SSSR count). The first-order valence-corrected chi connectivity index (χ1v) is 5.94. The Morgan fingerprint density at radius 1 is 1.07 bits per heavy atom. The van der Waals surface area contributed by atoms with Crippen LogP contribution in [0.15, 0.2) is 0 Å². The van der Waals surface area contributed by atoms with Gasteiger partial charge in [0.2, 0.25) is 0 Å². The summed E-state index contributed by atoms with van der Waals surface area (Å²) in [6.07, 6.45) is 2.04. The zero-order chi connectivity index (χ0) is 11.3. The minimum absolute atomic E-state index is 0.237. The lowest BCUT2D eigenvalue weighted by Gasteiger charge is -2.11. The number of carbonyl (C=O) groups excluding carboxylic acids is 2. The molecular weight excluding hydrogens is 216 g/mol. The van der Waals surface area contributed by atoms with Gasteiger partial charge in [0.25, 0.3) is 0 Å². The van der Waals surface area contributed by atoms with Crippen LogP contribution in [0.1, 0.15) is 26.7 Å². The molecule has 1 heterocycles. The largest absolute Gasteiger partial charge is 0.465 e. The van der Waals surface area contributed by atoms with Crippen LogP contribution in [0.2, 0.25) is 0 Å². The molecular formula is C10H16O4S. The second-order valence-electron chi connectivity index (χ2n) is 3.56. The van der Waals surface area contributed by atoms with Gasteiger partial charge in [-0.05, 0) is 12.8 Å². The second kappa shape index (κ2) is 6.00. The van der Waals surface area contributed by atoms with Crippen molar-refractivity contribution in [2.45, 2.75) is 37.2 Å². The van der Waals surface area contributed by atoms with Crippen molar-refractivity contribution in [1.29, 1.82) is 0 Å². The molecule has 0 radical (unpaired) electrons. The molecule has 5 heteroatoms. The van der Waals surface area contributed by atoms with E-state index in [2.05, 4.69) is 0 Å². The fraction of sp³-hybridized carbons (Fsp3) is 0.800. The molecule has 15 heavy (non-hydrogen) atoms. The molecule has 4 nitrogen and oxygen atoms in total. The molecule has 2 atom stereocenters. The Morgan fingerprint density at radius 3 is 1.80 bits per heavy atom. The third-order valence-corrected chi connectivity index (χ3v) is 3.65. The lowest BCUT2D eigenvalue weighted by atomic mass is 10.2. The van der Waals surface area contributed by atoms with E-state index >= 15 is 0 Å². The van der Waals surface area contributed by atoms with Crippen molar-refractivity contribution in [3.63, 3.8) is 0 Å². The van der Waals surface area contributed by atoms with Crippen LogP contribution in [0.4, 0.5) is 0 Å². The van der Waals surface area contributed by atoms with Crippen LogP contribution in [0.5, 0.6) is 0 Å². The maximum atomic E-state index is 10.6. The number of hydrogen-bond acceptors (Lipinski definition) is 5. The Kier molecular flexibility index (Phi) is 4.94. The van der Waals surface area contributed by atoms with Crippen LogP contribution in [0.25, 0.3) is 0 Å². The number of hydrogen-bond donors (Lipinski definition) is 0. The Bertz CT molecular complexity index is 218. The highest BCUT2D eigenvalue weighted by molar-refractivity contribution is 8.00. The standard InChI is InChI=1S/C10H16O4S/c1-7(11)13-5-9-3-4-10(15-9)6-14-8(2)12/h9-10H,3-6H2,1-2H3. The zero-order valence-electron chi connectivity index (χ0n) is 9.02. The van der Waals surface area contributed by atoms with E-state index in [0.717, 1.165) is 12.8 Å². The quantitative estimate of drug-likeness (QED) is 0.685. The molecule has 0 aromatic carbocycles. The van der Waals surface area contributed by atoms with Gasteiger partial charge in [0.05, 0.1) is 0 Å². The third-order valence-electron chi connectivity index (χ3n) is 2.14. The van der Waals surface area contributed by atoms with Gasteiger partial charge in [0, 0.05) is 24.3 Å². The summed E-state index contributed by atoms with van der Waals surface area (Å²) >= 11 is 1.74. The molecule has 0 spiro atoms. The van der Waals surface area contributed by atoms with Crippen LogP contribution in [0, 0.1) is 0 Å². The SMILES string of the molecule is CC(=O)OCC1CCC(COC(C)=O)S1. The number of rotatable bonds is 4. The van der Waals surface area contributed by atoms with Gasteiger partial charge < -0.3 is 9.47 Å². The van der Waals surface area contributed by atoms with Crippen LogP contribution in [0.3, 0.4) is 0 Å². The fourth-order valence-corrected chi connectivity index (χ4v) is 2.83. The van der Waals surface area contributed by atoms with E-state index in [1.54, 1.807) is 11.8 Å². The summed E-state index contributed by atoms with van der Waals surface area (Å²) in [4.78, 5) is 21.2. The molecule has 1 saturated heterocycles. The average Bonchev–Trinajstić information content (AvgIpc) is 2.59. The lowest BCUT2D eigenvalue weighted by molar-refractivity contribution is -0.141. The van der Waals surface area contributed by atoms with E-state index in [1.165, 1.54) is 13.8 Å². The van der Waals surface area contributed by atoms with E-state index in [0.29, 0.717) is 23.7 Å². The highest BCUT2D eigenvalue weighted by Gasteiger charge is 2.26. The van der Waals surface area contributed by atoms with Gasteiger partial charge in [0.1, 0.15) is 13.2 Å². The van der Waals surface area contributed by atoms with Crippen LogP contribution in [-0.4, -0.2) is 35.7 Å². The Morgan fingerprint density at radius 2 is 1.47 bits per heavy atom. The Balaban J connectivity index is 2.15. The maximum absolute atomic E-state index is 10.6. The van der Waals surface area contributed by atoms with Crippen molar-refractivity contribution in [2.24, 2.45) is 0 Å². The summed E-state index contributed by atoms with van der Waals surface area (Å²) in [5.41, 5.74) is 0.